The quantitative estimate of drug-likeness (QED) is 0.778. The predicted molar refractivity (Wildman–Crippen MR) is 86.4 cm³/mol. The number of rotatable bonds is 4. The Labute approximate surface area is 126 Å². The van der Waals surface area contributed by atoms with Gasteiger partial charge in [-0.1, -0.05) is 36.4 Å². The van der Waals surface area contributed by atoms with Crippen LogP contribution in [-0.4, -0.2) is 13.1 Å². The van der Waals surface area contributed by atoms with Gasteiger partial charge in [0.15, 0.2) is 0 Å². The van der Waals surface area contributed by atoms with Crippen LogP contribution < -0.4 is 0 Å². The standard InChI is InChI=1S/C19H22O2/c1-13-11-18(12-14(2)15(13)3)17-8-5-16(6-9-17)7-10-19(20)21-4/h5-6,8-9,11-12H,7,10H2,1-4H3. The Balaban J connectivity index is 2.17. The van der Waals surface area contributed by atoms with E-state index in [1.807, 2.05) is 0 Å². The molecule has 2 nitrogen and oxygen atoms in total. The largest absolute Gasteiger partial charge is 0.469 e. The van der Waals surface area contributed by atoms with E-state index in [1.54, 1.807) is 0 Å². The molecule has 0 N–H and O–H groups in total. The van der Waals surface area contributed by atoms with Crippen molar-refractivity contribution in [3.63, 3.8) is 0 Å². The molecular weight excluding hydrogens is 260 g/mol. The molecule has 2 aromatic rings. The van der Waals surface area contributed by atoms with Crippen LogP contribution in [0.5, 0.6) is 0 Å². The second-order valence-electron chi connectivity index (χ2n) is 5.51. The summed E-state index contributed by atoms with van der Waals surface area (Å²) in [7, 11) is 1.42. The Bertz CT molecular complexity index is 616. The number of hydrogen-bond donors (Lipinski definition) is 0. The van der Waals surface area contributed by atoms with E-state index < -0.39 is 0 Å². The van der Waals surface area contributed by atoms with Gasteiger partial charge in [-0.3, -0.25) is 4.79 Å². The number of carbonyl (C=O) groups is 1. The zero-order valence-corrected chi connectivity index (χ0v) is 13.2. The Morgan fingerprint density at radius 1 is 0.952 bits per heavy atom. The summed E-state index contributed by atoms with van der Waals surface area (Å²) < 4.78 is 4.66. The third kappa shape index (κ3) is 3.72. The van der Waals surface area contributed by atoms with Gasteiger partial charge in [0.2, 0.25) is 0 Å². The normalized spacial score (nSPS) is 10.5. The first kappa shape index (κ1) is 15.3. The molecule has 0 unspecified atom stereocenters. The molecule has 0 radical (unpaired) electrons. The molecule has 0 aliphatic carbocycles. The van der Waals surface area contributed by atoms with Gasteiger partial charge in [0.1, 0.15) is 0 Å². The lowest BCUT2D eigenvalue weighted by Gasteiger charge is -2.10. The van der Waals surface area contributed by atoms with E-state index >= 15 is 0 Å². The third-order valence-corrected chi connectivity index (χ3v) is 4.06. The van der Waals surface area contributed by atoms with Crippen LogP contribution in [0.3, 0.4) is 0 Å². The van der Waals surface area contributed by atoms with Gasteiger partial charge in [0.05, 0.1) is 7.11 Å². The van der Waals surface area contributed by atoms with Crippen LogP contribution in [0.4, 0.5) is 0 Å². The van der Waals surface area contributed by atoms with E-state index in [0.29, 0.717) is 6.42 Å². The highest BCUT2D eigenvalue weighted by Crippen LogP contribution is 2.25. The van der Waals surface area contributed by atoms with Crippen LogP contribution in [0, 0.1) is 20.8 Å². The minimum Gasteiger partial charge on any atom is -0.469 e. The van der Waals surface area contributed by atoms with Crippen molar-refractivity contribution < 1.29 is 9.53 Å². The zero-order valence-electron chi connectivity index (χ0n) is 13.2. The van der Waals surface area contributed by atoms with Crippen LogP contribution in [0.1, 0.15) is 28.7 Å². The lowest BCUT2D eigenvalue weighted by molar-refractivity contribution is -0.140. The highest BCUT2D eigenvalue weighted by atomic mass is 16.5. The average Bonchev–Trinajstić information content (AvgIpc) is 2.50. The summed E-state index contributed by atoms with van der Waals surface area (Å²) in [5, 5.41) is 0. The Hall–Kier alpha value is -2.09. The molecule has 0 aliphatic heterocycles. The summed E-state index contributed by atoms with van der Waals surface area (Å²) in [6.45, 7) is 6.46. The molecule has 2 rings (SSSR count). The Morgan fingerprint density at radius 2 is 1.52 bits per heavy atom. The minimum atomic E-state index is -0.163. The molecule has 2 aromatic carbocycles. The predicted octanol–water partition coefficient (Wildman–Crippen LogP) is 4.38. The summed E-state index contributed by atoms with van der Waals surface area (Å²) in [4.78, 5) is 11.2. The maximum atomic E-state index is 11.2. The molecule has 0 atom stereocenters. The molecular formula is C19H22O2. The van der Waals surface area contributed by atoms with Crippen LogP contribution in [0.25, 0.3) is 11.1 Å². The second kappa shape index (κ2) is 6.57. The van der Waals surface area contributed by atoms with Crippen molar-refractivity contribution in [3.05, 3.63) is 58.7 Å². The molecule has 110 valence electrons. The summed E-state index contributed by atoms with van der Waals surface area (Å²) in [5.41, 5.74) is 7.61. The lowest BCUT2D eigenvalue weighted by atomic mass is 9.95. The molecule has 0 spiro atoms. The molecule has 0 saturated heterocycles. The lowest BCUT2D eigenvalue weighted by Crippen LogP contribution is -2.01. The van der Waals surface area contributed by atoms with E-state index in [9.17, 15) is 4.79 Å². The number of methoxy groups -OCH3 is 1. The van der Waals surface area contributed by atoms with E-state index in [4.69, 9.17) is 0 Å². The fourth-order valence-electron chi connectivity index (χ4n) is 2.41. The Morgan fingerprint density at radius 3 is 2.05 bits per heavy atom. The maximum Gasteiger partial charge on any atom is 0.305 e. The van der Waals surface area contributed by atoms with E-state index in [1.165, 1.54) is 34.9 Å². The topological polar surface area (TPSA) is 26.3 Å². The van der Waals surface area contributed by atoms with Crippen molar-refractivity contribution in [1.29, 1.82) is 0 Å². The average molecular weight is 282 g/mol. The van der Waals surface area contributed by atoms with Crippen molar-refractivity contribution in [2.24, 2.45) is 0 Å². The second-order valence-corrected chi connectivity index (χ2v) is 5.51. The summed E-state index contributed by atoms with van der Waals surface area (Å²) >= 11 is 0. The number of esters is 1. The van der Waals surface area contributed by atoms with Crippen molar-refractivity contribution >= 4 is 5.97 Å². The summed E-state index contributed by atoms with van der Waals surface area (Å²) in [5.74, 6) is -0.163. The van der Waals surface area contributed by atoms with Gasteiger partial charge in [-0.2, -0.15) is 0 Å². The fourth-order valence-corrected chi connectivity index (χ4v) is 2.41. The smallest absolute Gasteiger partial charge is 0.305 e. The molecule has 0 aliphatic rings. The van der Waals surface area contributed by atoms with Gasteiger partial charge in [-0.15, -0.1) is 0 Å². The number of aryl methyl sites for hydroxylation is 3. The number of ether oxygens (including phenoxy) is 1. The van der Waals surface area contributed by atoms with Crippen LogP contribution in [-0.2, 0) is 16.0 Å². The van der Waals surface area contributed by atoms with E-state index in [0.717, 1.165) is 12.0 Å². The van der Waals surface area contributed by atoms with Gasteiger partial charge < -0.3 is 4.74 Å². The molecule has 21 heavy (non-hydrogen) atoms. The fraction of sp³-hybridized carbons (Fsp3) is 0.316. The molecule has 0 fully saturated rings. The summed E-state index contributed by atoms with van der Waals surface area (Å²) in [6.07, 6.45) is 1.15. The van der Waals surface area contributed by atoms with Crippen LogP contribution in [0.2, 0.25) is 0 Å². The molecule has 0 saturated carbocycles. The first-order valence-corrected chi connectivity index (χ1v) is 7.25. The van der Waals surface area contributed by atoms with Crippen molar-refractivity contribution in [3.8, 4) is 11.1 Å². The van der Waals surface area contributed by atoms with Gasteiger partial charge in [0, 0.05) is 6.42 Å². The molecule has 0 amide bonds. The minimum absolute atomic E-state index is 0.163. The van der Waals surface area contributed by atoms with Gasteiger partial charge >= 0.3 is 5.97 Å². The molecule has 0 aromatic heterocycles. The van der Waals surface area contributed by atoms with Crippen molar-refractivity contribution in [2.45, 2.75) is 33.6 Å². The van der Waals surface area contributed by atoms with E-state index in [2.05, 4.69) is 61.9 Å². The highest BCUT2D eigenvalue weighted by Gasteiger charge is 2.05. The first-order chi connectivity index (χ1) is 10.0. The van der Waals surface area contributed by atoms with E-state index in [-0.39, 0.29) is 5.97 Å². The van der Waals surface area contributed by atoms with Gasteiger partial charge in [-0.05, 0) is 60.6 Å². The van der Waals surface area contributed by atoms with Crippen LogP contribution in [0.15, 0.2) is 36.4 Å². The SMILES string of the molecule is COC(=O)CCc1ccc(-c2cc(C)c(C)c(C)c2)cc1. The first-order valence-electron chi connectivity index (χ1n) is 7.25. The van der Waals surface area contributed by atoms with Crippen molar-refractivity contribution in [1.82, 2.24) is 0 Å². The van der Waals surface area contributed by atoms with Gasteiger partial charge in [0.25, 0.3) is 0 Å². The maximum absolute atomic E-state index is 11.2. The number of hydrogen-bond acceptors (Lipinski definition) is 2. The monoisotopic (exact) mass is 282 g/mol. The summed E-state index contributed by atoms with van der Waals surface area (Å²) in [6, 6.07) is 12.9. The Kier molecular flexibility index (Phi) is 4.79. The van der Waals surface area contributed by atoms with Crippen LogP contribution >= 0.6 is 0 Å². The third-order valence-electron chi connectivity index (χ3n) is 4.06. The molecule has 0 heterocycles. The molecule has 2 heteroatoms. The number of benzene rings is 2. The highest BCUT2D eigenvalue weighted by molar-refractivity contribution is 5.70. The number of carbonyl (C=O) groups excluding carboxylic acids is 1. The van der Waals surface area contributed by atoms with Crippen molar-refractivity contribution in [2.75, 3.05) is 7.11 Å². The van der Waals surface area contributed by atoms with Gasteiger partial charge in [-0.25, -0.2) is 0 Å². The molecule has 0 bridgehead atoms. The zero-order chi connectivity index (χ0) is 15.4.